The Morgan fingerprint density at radius 2 is 2.21 bits per heavy atom. The number of carbonyl (C=O) groups is 1. The molecule has 2 unspecified atom stereocenters. The van der Waals surface area contributed by atoms with Crippen LogP contribution in [-0.2, 0) is 12.8 Å². The highest BCUT2D eigenvalue weighted by atomic mass is 16.3. The number of nitrogens with zero attached hydrogens (tertiary/aromatic N) is 1. The molecule has 2 atom stereocenters. The smallest absolute Gasteiger partial charge is 0.315 e. The van der Waals surface area contributed by atoms with Gasteiger partial charge in [0, 0.05) is 11.7 Å². The Kier molecular flexibility index (Phi) is 4.39. The molecule has 2 aromatic rings. The number of aromatic nitrogens is 2. The van der Waals surface area contributed by atoms with Gasteiger partial charge >= 0.3 is 6.03 Å². The monoisotopic (exact) mass is 330 g/mol. The topological polar surface area (TPSA) is 83.0 Å². The first kappa shape index (κ1) is 16.6. The molecule has 0 bridgehead atoms. The number of H-pyrrole nitrogens is 1. The van der Waals surface area contributed by atoms with Crippen LogP contribution in [0.15, 0.2) is 22.7 Å². The maximum atomic E-state index is 12.5. The molecule has 2 amide bonds. The number of aromatic amines is 1. The Balaban J connectivity index is 1.64. The third kappa shape index (κ3) is 3.63. The standard InChI is InChI=1S/C18H26N4O2/c1-11-5-8-15(24-11)16(18(2,3)4)21-17(23)20-13-6-7-14-12(9-13)10-19-22-14/h5,8,10,13,16H,6-7,9H2,1-4H3,(H,19,22)(H2,20,21,23). The van der Waals surface area contributed by atoms with E-state index in [-0.39, 0.29) is 23.5 Å². The van der Waals surface area contributed by atoms with Crippen LogP contribution in [0.3, 0.4) is 0 Å². The molecule has 0 saturated heterocycles. The van der Waals surface area contributed by atoms with E-state index < -0.39 is 0 Å². The van der Waals surface area contributed by atoms with Gasteiger partial charge in [-0.05, 0) is 49.3 Å². The van der Waals surface area contributed by atoms with Gasteiger partial charge in [0.1, 0.15) is 11.5 Å². The van der Waals surface area contributed by atoms with E-state index in [1.807, 2.05) is 25.3 Å². The highest BCUT2D eigenvalue weighted by Crippen LogP contribution is 2.33. The normalized spacial score (nSPS) is 18.8. The summed E-state index contributed by atoms with van der Waals surface area (Å²) in [6.45, 7) is 8.18. The van der Waals surface area contributed by atoms with Gasteiger partial charge in [-0.2, -0.15) is 5.10 Å². The summed E-state index contributed by atoms with van der Waals surface area (Å²) < 4.78 is 5.74. The number of amides is 2. The van der Waals surface area contributed by atoms with Crippen molar-refractivity contribution in [2.45, 2.75) is 59.0 Å². The lowest BCUT2D eigenvalue weighted by atomic mass is 9.85. The average Bonchev–Trinajstić information content (AvgIpc) is 3.11. The van der Waals surface area contributed by atoms with E-state index >= 15 is 0 Å². The number of carbonyl (C=O) groups excluding carboxylic acids is 1. The molecule has 1 aliphatic rings. The quantitative estimate of drug-likeness (QED) is 0.808. The predicted molar refractivity (Wildman–Crippen MR) is 91.7 cm³/mol. The molecule has 24 heavy (non-hydrogen) atoms. The molecule has 2 aromatic heterocycles. The van der Waals surface area contributed by atoms with Crippen LogP contribution >= 0.6 is 0 Å². The van der Waals surface area contributed by atoms with E-state index in [1.165, 1.54) is 11.3 Å². The summed E-state index contributed by atoms with van der Waals surface area (Å²) in [4.78, 5) is 12.5. The predicted octanol–water partition coefficient (Wildman–Crippen LogP) is 3.26. The first-order valence-corrected chi connectivity index (χ1v) is 8.47. The number of hydrogen-bond acceptors (Lipinski definition) is 3. The van der Waals surface area contributed by atoms with Crippen molar-refractivity contribution >= 4 is 6.03 Å². The van der Waals surface area contributed by atoms with Crippen LogP contribution in [0.4, 0.5) is 4.79 Å². The van der Waals surface area contributed by atoms with E-state index in [4.69, 9.17) is 4.42 Å². The molecule has 0 spiro atoms. The number of hydrogen-bond donors (Lipinski definition) is 3. The molecule has 0 aromatic carbocycles. The fourth-order valence-corrected chi connectivity index (χ4v) is 3.22. The highest BCUT2D eigenvalue weighted by Gasteiger charge is 2.31. The van der Waals surface area contributed by atoms with Crippen LogP contribution in [0.5, 0.6) is 0 Å². The third-order valence-electron chi connectivity index (χ3n) is 4.54. The number of aryl methyl sites for hydroxylation is 2. The molecule has 1 aliphatic carbocycles. The van der Waals surface area contributed by atoms with Crippen molar-refractivity contribution in [3.63, 3.8) is 0 Å². The van der Waals surface area contributed by atoms with Crippen LogP contribution < -0.4 is 10.6 Å². The average molecular weight is 330 g/mol. The van der Waals surface area contributed by atoms with Gasteiger partial charge in [0.05, 0.1) is 12.2 Å². The summed E-state index contributed by atoms with van der Waals surface area (Å²) in [7, 11) is 0. The van der Waals surface area contributed by atoms with Gasteiger partial charge in [0.15, 0.2) is 0 Å². The van der Waals surface area contributed by atoms with Crippen molar-refractivity contribution in [3.8, 4) is 0 Å². The van der Waals surface area contributed by atoms with Gasteiger partial charge < -0.3 is 15.1 Å². The van der Waals surface area contributed by atoms with Gasteiger partial charge in [0.2, 0.25) is 0 Å². The molecular weight excluding hydrogens is 304 g/mol. The summed E-state index contributed by atoms with van der Waals surface area (Å²) in [6.07, 6.45) is 4.51. The second-order valence-electron chi connectivity index (χ2n) is 7.68. The van der Waals surface area contributed by atoms with Gasteiger partial charge in [-0.15, -0.1) is 0 Å². The number of rotatable bonds is 3. The number of urea groups is 1. The Hall–Kier alpha value is -2.24. The maximum Gasteiger partial charge on any atom is 0.315 e. The van der Waals surface area contributed by atoms with Crippen LogP contribution in [0, 0.1) is 12.3 Å². The molecule has 0 saturated carbocycles. The van der Waals surface area contributed by atoms with Crippen LogP contribution in [0.2, 0.25) is 0 Å². The molecule has 3 N–H and O–H groups in total. The molecule has 130 valence electrons. The largest absolute Gasteiger partial charge is 0.464 e. The van der Waals surface area contributed by atoms with Gasteiger partial charge in [-0.25, -0.2) is 4.79 Å². The van der Waals surface area contributed by atoms with Gasteiger partial charge in [-0.3, -0.25) is 5.10 Å². The Labute approximate surface area is 142 Å². The molecule has 6 nitrogen and oxygen atoms in total. The van der Waals surface area contributed by atoms with Gasteiger partial charge in [0.25, 0.3) is 0 Å². The molecule has 0 fully saturated rings. The summed E-state index contributed by atoms with van der Waals surface area (Å²) in [5.41, 5.74) is 2.24. The van der Waals surface area contributed by atoms with Crippen LogP contribution in [0.1, 0.15) is 56.0 Å². The third-order valence-corrected chi connectivity index (χ3v) is 4.54. The second kappa shape index (κ2) is 6.34. The lowest BCUT2D eigenvalue weighted by Gasteiger charge is -2.31. The van der Waals surface area contributed by atoms with Crippen molar-refractivity contribution in [1.29, 1.82) is 0 Å². The van der Waals surface area contributed by atoms with Gasteiger partial charge in [-0.1, -0.05) is 20.8 Å². The Morgan fingerprint density at radius 3 is 2.88 bits per heavy atom. The minimum Gasteiger partial charge on any atom is -0.464 e. The zero-order valence-electron chi connectivity index (χ0n) is 14.8. The summed E-state index contributed by atoms with van der Waals surface area (Å²) in [5.74, 6) is 1.64. The maximum absolute atomic E-state index is 12.5. The summed E-state index contributed by atoms with van der Waals surface area (Å²) in [5, 5.41) is 13.3. The van der Waals surface area contributed by atoms with E-state index in [9.17, 15) is 4.79 Å². The van der Waals surface area contributed by atoms with E-state index in [1.54, 1.807) is 0 Å². The van der Waals surface area contributed by atoms with Crippen LogP contribution in [-0.4, -0.2) is 22.3 Å². The zero-order chi connectivity index (χ0) is 17.3. The van der Waals surface area contributed by atoms with E-state index in [0.717, 1.165) is 30.8 Å². The van der Waals surface area contributed by atoms with Crippen molar-refractivity contribution < 1.29 is 9.21 Å². The molecule has 6 heteroatoms. The van der Waals surface area contributed by atoms with Crippen molar-refractivity contribution in [2.75, 3.05) is 0 Å². The Bertz CT molecular complexity index is 711. The highest BCUT2D eigenvalue weighted by molar-refractivity contribution is 5.75. The molecule has 3 rings (SSSR count). The number of fused-ring (bicyclic) bond motifs is 1. The molecule has 0 aliphatic heterocycles. The zero-order valence-corrected chi connectivity index (χ0v) is 14.8. The fraction of sp³-hybridized carbons (Fsp3) is 0.556. The minimum absolute atomic E-state index is 0.133. The molecule has 0 radical (unpaired) electrons. The first-order chi connectivity index (χ1) is 11.3. The Morgan fingerprint density at radius 1 is 1.42 bits per heavy atom. The van der Waals surface area contributed by atoms with E-state index in [2.05, 4.69) is 41.6 Å². The van der Waals surface area contributed by atoms with E-state index in [0.29, 0.717) is 0 Å². The lowest BCUT2D eigenvalue weighted by molar-refractivity contribution is 0.203. The number of nitrogens with one attached hydrogen (secondary N) is 3. The first-order valence-electron chi connectivity index (χ1n) is 8.47. The van der Waals surface area contributed by atoms with Crippen LogP contribution in [0.25, 0.3) is 0 Å². The SMILES string of the molecule is Cc1ccc(C(NC(=O)NC2CCc3[nH]ncc3C2)C(C)(C)C)o1. The van der Waals surface area contributed by atoms with Crippen molar-refractivity contribution in [1.82, 2.24) is 20.8 Å². The lowest BCUT2D eigenvalue weighted by Crippen LogP contribution is -2.47. The second-order valence-corrected chi connectivity index (χ2v) is 7.68. The molecular formula is C18H26N4O2. The fourth-order valence-electron chi connectivity index (χ4n) is 3.22. The minimum atomic E-state index is -0.181. The summed E-state index contributed by atoms with van der Waals surface area (Å²) in [6, 6.07) is 3.66. The van der Waals surface area contributed by atoms with Crippen molar-refractivity contribution in [3.05, 3.63) is 41.1 Å². The molecule has 2 heterocycles. The summed E-state index contributed by atoms with van der Waals surface area (Å²) >= 11 is 0. The van der Waals surface area contributed by atoms with Crippen molar-refractivity contribution in [2.24, 2.45) is 5.41 Å². The number of furan rings is 1.